The van der Waals surface area contributed by atoms with Crippen molar-refractivity contribution in [2.24, 2.45) is 5.73 Å². The van der Waals surface area contributed by atoms with Gasteiger partial charge in [0, 0.05) is 24.9 Å². The third-order valence-electron chi connectivity index (χ3n) is 3.21. The molecule has 0 fully saturated rings. The van der Waals surface area contributed by atoms with Gasteiger partial charge in [-0.3, -0.25) is 4.98 Å². The molecule has 1 heterocycles. The summed E-state index contributed by atoms with van der Waals surface area (Å²) >= 11 is 0. The van der Waals surface area contributed by atoms with Gasteiger partial charge >= 0.3 is 0 Å². The van der Waals surface area contributed by atoms with Crippen LogP contribution in [0.5, 0.6) is 11.5 Å². The Morgan fingerprint density at radius 3 is 2.62 bits per heavy atom. The molecule has 0 aliphatic carbocycles. The van der Waals surface area contributed by atoms with E-state index in [9.17, 15) is 0 Å². The third-order valence-corrected chi connectivity index (χ3v) is 3.21. The second-order valence-electron chi connectivity index (χ2n) is 5.08. The van der Waals surface area contributed by atoms with E-state index in [-0.39, 0.29) is 6.04 Å². The summed E-state index contributed by atoms with van der Waals surface area (Å²) in [6.07, 6.45) is 5.18. The van der Waals surface area contributed by atoms with Gasteiger partial charge in [-0.2, -0.15) is 0 Å². The van der Waals surface area contributed by atoms with Gasteiger partial charge < -0.3 is 15.2 Å². The lowest BCUT2D eigenvalue weighted by Gasteiger charge is -2.16. The highest BCUT2D eigenvalue weighted by molar-refractivity contribution is 5.47. The van der Waals surface area contributed by atoms with Crippen LogP contribution in [0.3, 0.4) is 0 Å². The number of methoxy groups -OCH3 is 1. The quantitative estimate of drug-likeness (QED) is 0.850. The Kier molecular flexibility index (Phi) is 5.58. The zero-order valence-corrected chi connectivity index (χ0v) is 12.6. The summed E-state index contributed by atoms with van der Waals surface area (Å²) < 4.78 is 11.4. The van der Waals surface area contributed by atoms with Crippen LogP contribution < -0.4 is 15.2 Å². The summed E-state index contributed by atoms with van der Waals surface area (Å²) in [5.41, 5.74) is 8.19. The molecule has 0 bridgehead atoms. The number of hydrogen-bond donors (Lipinski definition) is 1. The van der Waals surface area contributed by atoms with E-state index in [0.717, 1.165) is 29.9 Å². The molecule has 0 saturated carbocycles. The van der Waals surface area contributed by atoms with Gasteiger partial charge in [0.25, 0.3) is 0 Å². The minimum absolute atomic E-state index is 0.0830. The van der Waals surface area contributed by atoms with E-state index in [4.69, 9.17) is 15.2 Å². The van der Waals surface area contributed by atoms with Crippen molar-refractivity contribution in [3.05, 3.63) is 53.9 Å². The molecule has 2 rings (SSSR count). The molecule has 21 heavy (non-hydrogen) atoms. The third kappa shape index (κ3) is 4.46. The normalized spacial score (nSPS) is 12.0. The molecule has 4 heteroatoms. The lowest BCUT2D eigenvalue weighted by molar-refractivity contribution is 0.294. The molecule has 0 aliphatic rings. The van der Waals surface area contributed by atoms with Gasteiger partial charge in [-0.1, -0.05) is 12.1 Å². The van der Waals surface area contributed by atoms with Crippen molar-refractivity contribution in [2.75, 3.05) is 13.7 Å². The standard InChI is InChI=1S/C17H22N2O2/c1-13(18)12-15-4-3-5-16(20-2)17(15)21-11-8-14-6-9-19-10-7-14/h3-7,9-10,13H,8,11-12,18H2,1-2H3. The van der Waals surface area contributed by atoms with Crippen molar-refractivity contribution in [3.63, 3.8) is 0 Å². The molecule has 2 aromatic rings. The number of para-hydroxylation sites is 1. The maximum Gasteiger partial charge on any atom is 0.164 e. The Bertz CT molecular complexity index is 556. The molecule has 1 atom stereocenters. The minimum Gasteiger partial charge on any atom is -0.493 e. The molecule has 4 nitrogen and oxygen atoms in total. The highest BCUT2D eigenvalue weighted by Gasteiger charge is 2.12. The van der Waals surface area contributed by atoms with Gasteiger partial charge in [0.1, 0.15) is 0 Å². The lowest BCUT2D eigenvalue weighted by atomic mass is 10.1. The van der Waals surface area contributed by atoms with Crippen molar-refractivity contribution >= 4 is 0 Å². The maximum atomic E-state index is 5.96. The SMILES string of the molecule is COc1cccc(CC(C)N)c1OCCc1ccncc1. The molecule has 0 radical (unpaired) electrons. The van der Waals surface area contributed by atoms with Gasteiger partial charge in [0.2, 0.25) is 0 Å². The summed E-state index contributed by atoms with van der Waals surface area (Å²) in [4.78, 5) is 4.01. The number of rotatable bonds is 7. The smallest absolute Gasteiger partial charge is 0.164 e. The highest BCUT2D eigenvalue weighted by Crippen LogP contribution is 2.31. The Hall–Kier alpha value is -2.07. The number of nitrogens with zero attached hydrogens (tertiary/aromatic N) is 1. The number of hydrogen-bond acceptors (Lipinski definition) is 4. The average Bonchev–Trinajstić information content (AvgIpc) is 2.49. The molecule has 1 unspecified atom stereocenters. The number of aromatic nitrogens is 1. The van der Waals surface area contributed by atoms with Crippen LogP contribution in [0.2, 0.25) is 0 Å². The maximum absolute atomic E-state index is 5.96. The first-order valence-electron chi connectivity index (χ1n) is 7.14. The van der Waals surface area contributed by atoms with Crippen molar-refractivity contribution in [2.45, 2.75) is 25.8 Å². The first kappa shape index (κ1) is 15.3. The van der Waals surface area contributed by atoms with E-state index in [1.807, 2.05) is 37.3 Å². The Balaban J connectivity index is 2.06. The average molecular weight is 286 g/mol. The molecule has 0 spiro atoms. The topological polar surface area (TPSA) is 57.4 Å². The van der Waals surface area contributed by atoms with Crippen molar-refractivity contribution in [3.8, 4) is 11.5 Å². The van der Waals surface area contributed by atoms with Crippen LogP contribution in [0.15, 0.2) is 42.7 Å². The van der Waals surface area contributed by atoms with Crippen molar-refractivity contribution < 1.29 is 9.47 Å². The second-order valence-corrected chi connectivity index (χ2v) is 5.08. The van der Waals surface area contributed by atoms with Crippen LogP contribution in [0.1, 0.15) is 18.1 Å². The summed E-state index contributed by atoms with van der Waals surface area (Å²) in [7, 11) is 1.65. The van der Waals surface area contributed by atoms with E-state index in [1.165, 1.54) is 5.56 Å². The van der Waals surface area contributed by atoms with Crippen LogP contribution >= 0.6 is 0 Å². The van der Waals surface area contributed by atoms with E-state index < -0.39 is 0 Å². The predicted octanol–water partition coefficient (Wildman–Crippen LogP) is 2.60. The van der Waals surface area contributed by atoms with Gasteiger partial charge in [0.15, 0.2) is 11.5 Å². The van der Waals surface area contributed by atoms with Crippen LogP contribution in [0.4, 0.5) is 0 Å². The van der Waals surface area contributed by atoms with Gasteiger partial charge in [0.05, 0.1) is 13.7 Å². The summed E-state index contributed by atoms with van der Waals surface area (Å²) in [5.74, 6) is 1.55. The van der Waals surface area contributed by atoms with Crippen LogP contribution in [0, 0.1) is 0 Å². The van der Waals surface area contributed by atoms with Crippen LogP contribution in [-0.4, -0.2) is 24.7 Å². The van der Waals surface area contributed by atoms with E-state index in [0.29, 0.717) is 6.61 Å². The van der Waals surface area contributed by atoms with Crippen molar-refractivity contribution in [1.29, 1.82) is 0 Å². The number of nitrogens with two attached hydrogens (primary N) is 1. The van der Waals surface area contributed by atoms with E-state index in [2.05, 4.69) is 4.98 Å². The Morgan fingerprint density at radius 2 is 1.95 bits per heavy atom. The fourth-order valence-corrected chi connectivity index (χ4v) is 2.21. The molecule has 1 aromatic heterocycles. The fourth-order valence-electron chi connectivity index (χ4n) is 2.21. The molecule has 112 valence electrons. The number of benzene rings is 1. The molecular formula is C17H22N2O2. The second kappa shape index (κ2) is 7.64. The first-order valence-corrected chi connectivity index (χ1v) is 7.14. The predicted molar refractivity (Wildman–Crippen MR) is 83.8 cm³/mol. The summed E-state index contributed by atoms with van der Waals surface area (Å²) in [5, 5.41) is 0. The molecule has 2 N–H and O–H groups in total. The van der Waals surface area contributed by atoms with Crippen LogP contribution in [0.25, 0.3) is 0 Å². The Morgan fingerprint density at radius 1 is 1.19 bits per heavy atom. The zero-order valence-electron chi connectivity index (χ0n) is 12.6. The first-order chi connectivity index (χ1) is 10.2. The fraction of sp³-hybridized carbons (Fsp3) is 0.353. The number of pyridine rings is 1. The van der Waals surface area contributed by atoms with Gasteiger partial charge in [-0.25, -0.2) is 0 Å². The largest absolute Gasteiger partial charge is 0.493 e. The highest BCUT2D eigenvalue weighted by atomic mass is 16.5. The van der Waals surface area contributed by atoms with Gasteiger partial charge in [-0.15, -0.1) is 0 Å². The summed E-state index contributed by atoms with van der Waals surface area (Å²) in [6.45, 7) is 2.58. The van der Waals surface area contributed by atoms with E-state index >= 15 is 0 Å². The van der Waals surface area contributed by atoms with Crippen LogP contribution in [-0.2, 0) is 12.8 Å². The molecule has 0 saturated heterocycles. The molecular weight excluding hydrogens is 264 g/mol. The van der Waals surface area contributed by atoms with Crippen molar-refractivity contribution in [1.82, 2.24) is 4.98 Å². The Labute approximate surface area is 125 Å². The molecule has 0 aliphatic heterocycles. The number of ether oxygens (including phenoxy) is 2. The summed E-state index contributed by atoms with van der Waals surface area (Å²) in [6, 6.07) is 9.98. The minimum atomic E-state index is 0.0830. The lowest BCUT2D eigenvalue weighted by Crippen LogP contribution is -2.18. The molecule has 0 amide bonds. The van der Waals surface area contributed by atoms with Gasteiger partial charge in [-0.05, 0) is 42.7 Å². The zero-order chi connectivity index (χ0) is 15.1. The molecule has 1 aromatic carbocycles. The monoisotopic (exact) mass is 286 g/mol. The van der Waals surface area contributed by atoms with E-state index in [1.54, 1.807) is 19.5 Å².